The minimum Gasteiger partial charge on any atom is -0.354 e. The van der Waals surface area contributed by atoms with Gasteiger partial charge in [0.2, 0.25) is 11.8 Å². The van der Waals surface area contributed by atoms with Crippen LogP contribution in [0.1, 0.15) is 26.7 Å². The first-order valence-electron chi connectivity index (χ1n) is 7.46. The van der Waals surface area contributed by atoms with E-state index in [1.165, 1.54) is 0 Å². The third-order valence-corrected chi connectivity index (χ3v) is 3.57. The second-order valence-electron chi connectivity index (χ2n) is 5.89. The van der Waals surface area contributed by atoms with E-state index < -0.39 is 0 Å². The van der Waals surface area contributed by atoms with Gasteiger partial charge in [-0.3, -0.25) is 14.3 Å². The van der Waals surface area contributed by atoms with Gasteiger partial charge in [0.15, 0.2) is 0 Å². The normalized spacial score (nSPS) is 19.1. The Hall–Kier alpha value is -1.92. The highest BCUT2D eigenvalue weighted by atomic mass is 16.2. The Morgan fingerprint density at radius 1 is 1.52 bits per heavy atom. The van der Waals surface area contributed by atoms with Gasteiger partial charge < -0.3 is 10.2 Å². The van der Waals surface area contributed by atoms with Crippen molar-refractivity contribution in [3.05, 3.63) is 12.4 Å². The van der Waals surface area contributed by atoms with Gasteiger partial charge in [-0.2, -0.15) is 0 Å². The molecule has 0 saturated carbocycles. The molecule has 0 aromatic carbocycles. The molecule has 2 heterocycles. The third-order valence-electron chi connectivity index (χ3n) is 3.57. The van der Waals surface area contributed by atoms with Gasteiger partial charge in [-0.25, -0.2) is 0 Å². The van der Waals surface area contributed by atoms with E-state index >= 15 is 0 Å². The Labute approximate surface area is 124 Å². The average Bonchev–Trinajstić information content (AvgIpc) is 2.94. The van der Waals surface area contributed by atoms with Crippen molar-refractivity contribution in [3.63, 3.8) is 0 Å². The maximum Gasteiger partial charge on any atom is 0.224 e. The van der Waals surface area contributed by atoms with Crippen molar-refractivity contribution in [1.29, 1.82) is 0 Å². The average molecular weight is 293 g/mol. The SMILES string of the molecule is CC(C)CN1C[C@@H](C(=O)NCCn2ccnn2)CCC1=O. The lowest BCUT2D eigenvalue weighted by Gasteiger charge is -2.33. The number of likely N-dealkylation sites (tertiary alicyclic amines) is 1. The van der Waals surface area contributed by atoms with Crippen LogP contribution < -0.4 is 5.32 Å². The monoisotopic (exact) mass is 293 g/mol. The molecule has 1 aliphatic rings. The quantitative estimate of drug-likeness (QED) is 0.817. The van der Waals surface area contributed by atoms with Crippen molar-refractivity contribution in [2.75, 3.05) is 19.6 Å². The highest BCUT2D eigenvalue weighted by molar-refractivity contribution is 5.83. The number of nitrogens with zero attached hydrogens (tertiary/aromatic N) is 4. The Balaban J connectivity index is 1.77. The van der Waals surface area contributed by atoms with Gasteiger partial charge in [0.25, 0.3) is 0 Å². The van der Waals surface area contributed by atoms with E-state index in [0.29, 0.717) is 38.4 Å². The number of carbonyl (C=O) groups excluding carboxylic acids is 2. The number of piperidine rings is 1. The third kappa shape index (κ3) is 4.54. The van der Waals surface area contributed by atoms with Crippen LogP contribution in [-0.4, -0.2) is 51.3 Å². The molecule has 2 amide bonds. The molecule has 0 bridgehead atoms. The zero-order valence-corrected chi connectivity index (χ0v) is 12.7. The number of amides is 2. The Morgan fingerprint density at radius 2 is 2.33 bits per heavy atom. The van der Waals surface area contributed by atoms with Crippen molar-refractivity contribution in [3.8, 4) is 0 Å². The fourth-order valence-electron chi connectivity index (χ4n) is 2.54. The summed E-state index contributed by atoms with van der Waals surface area (Å²) in [5.41, 5.74) is 0. The standard InChI is InChI=1S/C14H23N5O2/c1-11(2)9-18-10-12(3-4-13(18)20)14(21)15-5-7-19-8-6-16-17-19/h6,8,11-12H,3-5,7,9-10H2,1-2H3,(H,15,21)/t12-/m0/s1. The molecule has 0 unspecified atom stereocenters. The van der Waals surface area contributed by atoms with Gasteiger partial charge >= 0.3 is 0 Å². The second kappa shape index (κ2) is 7.19. The van der Waals surface area contributed by atoms with Gasteiger partial charge in [0.1, 0.15) is 0 Å². The molecule has 1 saturated heterocycles. The van der Waals surface area contributed by atoms with Gasteiger partial charge in [-0.1, -0.05) is 19.1 Å². The highest BCUT2D eigenvalue weighted by Gasteiger charge is 2.30. The minimum absolute atomic E-state index is 0.0244. The number of hydrogen-bond acceptors (Lipinski definition) is 4. The van der Waals surface area contributed by atoms with Crippen LogP contribution in [0.2, 0.25) is 0 Å². The zero-order chi connectivity index (χ0) is 15.2. The Morgan fingerprint density at radius 3 is 3.00 bits per heavy atom. The molecule has 0 aliphatic carbocycles. The number of hydrogen-bond donors (Lipinski definition) is 1. The lowest BCUT2D eigenvalue weighted by atomic mass is 9.96. The molecule has 21 heavy (non-hydrogen) atoms. The van der Waals surface area contributed by atoms with Crippen LogP contribution in [0.4, 0.5) is 0 Å². The summed E-state index contributed by atoms with van der Waals surface area (Å²) in [4.78, 5) is 25.8. The molecule has 1 aromatic heterocycles. The fraction of sp³-hybridized carbons (Fsp3) is 0.714. The van der Waals surface area contributed by atoms with Gasteiger partial charge in [-0.15, -0.1) is 5.10 Å². The lowest BCUT2D eigenvalue weighted by Crippen LogP contribution is -2.47. The summed E-state index contributed by atoms with van der Waals surface area (Å²) < 4.78 is 1.68. The van der Waals surface area contributed by atoms with Gasteiger partial charge in [0, 0.05) is 32.3 Å². The maximum absolute atomic E-state index is 12.2. The molecule has 1 aliphatic heterocycles. The van der Waals surface area contributed by atoms with E-state index in [1.807, 2.05) is 4.90 Å². The van der Waals surface area contributed by atoms with E-state index in [9.17, 15) is 9.59 Å². The van der Waals surface area contributed by atoms with Crippen molar-refractivity contribution in [1.82, 2.24) is 25.2 Å². The molecule has 7 nitrogen and oxygen atoms in total. The summed E-state index contributed by atoms with van der Waals surface area (Å²) >= 11 is 0. The summed E-state index contributed by atoms with van der Waals surface area (Å²) in [6, 6.07) is 0. The summed E-state index contributed by atoms with van der Waals surface area (Å²) in [5.74, 6) is 0.506. The molecule has 1 atom stereocenters. The number of nitrogens with one attached hydrogen (secondary N) is 1. The second-order valence-corrected chi connectivity index (χ2v) is 5.89. The lowest BCUT2D eigenvalue weighted by molar-refractivity contribution is -0.138. The zero-order valence-electron chi connectivity index (χ0n) is 12.7. The van der Waals surface area contributed by atoms with Crippen molar-refractivity contribution >= 4 is 11.8 Å². The molecular formula is C14H23N5O2. The molecule has 1 fully saturated rings. The molecule has 116 valence electrons. The van der Waals surface area contributed by atoms with Crippen molar-refractivity contribution < 1.29 is 9.59 Å². The predicted molar refractivity (Wildman–Crippen MR) is 77.2 cm³/mol. The van der Waals surface area contributed by atoms with E-state index in [-0.39, 0.29) is 17.7 Å². The first kappa shape index (κ1) is 15.5. The van der Waals surface area contributed by atoms with E-state index in [2.05, 4.69) is 29.5 Å². The first-order chi connectivity index (χ1) is 10.1. The Bertz CT molecular complexity index is 472. The van der Waals surface area contributed by atoms with Gasteiger partial charge in [0.05, 0.1) is 18.7 Å². The molecule has 0 radical (unpaired) electrons. The Kier molecular flexibility index (Phi) is 5.30. The van der Waals surface area contributed by atoms with Crippen LogP contribution in [0, 0.1) is 11.8 Å². The number of carbonyl (C=O) groups is 2. The minimum atomic E-state index is -0.0998. The van der Waals surface area contributed by atoms with Gasteiger partial charge in [-0.05, 0) is 12.3 Å². The highest BCUT2D eigenvalue weighted by Crippen LogP contribution is 2.18. The molecule has 2 rings (SSSR count). The van der Waals surface area contributed by atoms with Crippen molar-refractivity contribution in [2.24, 2.45) is 11.8 Å². The number of rotatable bonds is 6. The predicted octanol–water partition coefficient (Wildman–Crippen LogP) is 0.289. The summed E-state index contributed by atoms with van der Waals surface area (Å²) in [6.45, 7) is 6.54. The van der Waals surface area contributed by atoms with Crippen LogP contribution in [0.25, 0.3) is 0 Å². The molecule has 1 aromatic rings. The van der Waals surface area contributed by atoms with Crippen LogP contribution >= 0.6 is 0 Å². The summed E-state index contributed by atoms with van der Waals surface area (Å²) in [5, 5.41) is 10.5. The van der Waals surface area contributed by atoms with E-state index in [0.717, 1.165) is 6.54 Å². The molecule has 0 spiro atoms. The van der Waals surface area contributed by atoms with E-state index in [1.54, 1.807) is 17.1 Å². The van der Waals surface area contributed by atoms with Crippen LogP contribution in [0.3, 0.4) is 0 Å². The first-order valence-corrected chi connectivity index (χ1v) is 7.46. The molecule has 7 heteroatoms. The molecule has 1 N–H and O–H groups in total. The van der Waals surface area contributed by atoms with Crippen LogP contribution in [0.5, 0.6) is 0 Å². The summed E-state index contributed by atoms with van der Waals surface area (Å²) in [6.07, 6.45) is 4.48. The van der Waals surface area contributed by atoms with Crippen LogP contribution in [-0.2, 0) is 16.1 Å². The smallest absolute Gasteiger partial charge is 0.224 e. The number of aromatic nitrogens is 3. The topological polar surface area (TPSA) is 80.1 Å². The van der Waals surface area contributed by atoms with E-state index in [4.69, 9.17) is 0 Å². The van der Waals surface area contributed by atoms with Crippen molar-refractivity contribution in [2.45, 2.75) is 33.2 Å². The fourth-order valence-corrected chi connectivity index (χ4v) is 2.54. The largest absolute Gasteiger partial charge is 0.354 e. The molecular weight excluding hydrogens is 270 g/mol. The maximum atomic E-state index is 12.2. The van der Waals surface area contributed by atoms with Crippen LogP contribution in [0.15, 0.2) is 12.4 Å². The summed E-state index contributed by atoms with van der Waals surface area (Å²) in [7, 11) is 0.